The minimum atomic E-state index is -0.525. The standard InChI is InChI=1S/C12H14FNO2/c1-7-4-8(7)6-14-12(16)10-5-9(13)2-3-11(10)15/h2-3,5,7-8,15H,4,6H2,1H3,(H,14,16). The second-order valence-corrected chi connectivity index (χ2v) is 4.34. The van der Waals surface area contributed by atoms with E-state index in [0.717, 1.165) is 18.6 Å². The fourth-order valence-corrected chi connectivity index (χ4v) is 1.69. The number of rotatable bonds is 3. The largest absolute Gasteiger partial charge is 0.507 e. The zero-order valence-electron chi connectivity index (χ0n) is 9.03. The van der Waals surface area contributed by atoms with Crippen molar-refractivity contribution in [1.29, 1.82) is 0 Å². The summed E-state index contributed by atoms with van der Waals surface area (Å²) >= 11 is 0. The number of carbonyl (C=O) groups is 1. The monoisotopic (exact) mass is 223 g/mol. The Morgan fingerprint density at radius 3 is 2.94 bits per heavy atom. The van der Waals surface area contributed by atoms with Gasteiger partial charge in [0.1, 0.15) is 11.6 Å². The summed E-state index contributed by atoms with van der Waals surface area (Å²) in [7, 11) is 0. The van der Waals surface area contributed by atoms with E-state index >= 15 is 0 Å². The Morgan fingerprint density at radius 2 is 2.31 bits per heavy atom. The van der Waals surface area contributed by atoms with E-state index in [4.69, 9.17) is 0 Å². The van der Waals surface area contributed by atoms with Crippen LogP contribution in [0.2, 0.25) is 0 Å². The first-order chi connectivity index (χ1) is 7.58. The Kier molecular flexibility index (Phi) is 2.81. The number of amides is 1. The van der Waals surface area contributed by atoms with Crippen LogP contribution < -0.4 is 5.32 Å². The Labute approximate surface area is 93.3 Å². The Balaban J connectivity index is 1.99. The third-order valence-corrected chi connectivity index (χ3v) is 3.00. The van der Waals surface area contributed by atoms with E-state index in [0.29, 0.717) is 18.4 Å². The van der Waals surface area contributed by atoms with Crippen molar-refractivity contribution in [2.75, 3.05) is 6.54 Å². The summed E-state index contributed by atoms with van der Waals surface area (Å²) in [4.78, 5) is 11.6. The average Bonchev–Trinajstić information content (AvgIpc) is 2.95. The van der Waals surface area contributed by atoms with Crippen LogP contribution in [-0.4, -0.2) is 17.6 Å². The smallest absolute Gasteiger partial charge is 0.255 e. The van der Waals surface area contributed by atoms with Crippen LogP contribution in [0.15, 0.2) is 18.2 Å². The highest BCUT2D eigenvalue weighted by Crippen LogP contribution is 2.36. The van der Waals surface area contributed by atoms with Gasteiger partial charge in [-0.2, -0.15) is 0 Å². The molecule has 0 aromatic heterocycles. The van der Waals surface area contributed by atoms with E-state index in [1.165, 1.54) is 6.07 Å². The highest BCUT2D eigenvalue weighted by atomic mass is 19.1. The molecule has 1 fully saturated rings. The fraction of sp³-hybridized carbons (Fsp3) is 0.417. The lowest BCUT2D eigenvalue weighted by atomic mass is 10.2. The van der Waals surface area contributed by atoms with Crippen LogP contribution >= 0.6 is 0 Å². The molecule has 3 nitrogen and oxygen atoms in total. The molecule has 2 rings (SSSR count). The second kappa shape index (κ2) is 4.12. The average molecular weight is 223 g/mol. The molecule has 1 aliphatic rings. The zero-order chi connectivity index (χ0) is 11.7. The quantitative estimate of drug-likeness (QED) is 0.822. The first kappa shape index (κ1) is 10.9. The summed E-state index contributed by atoms with van der Waals surface area (Å²) in [6, 6.07) is 3.35. The van der Waals surface area contributed by atoms with Gasteiger partial charge in [-0.15, -0.1) is 0 Å². The first-order valence-corrected chi connectivity index (χ1v) is 5.34. The number of hydrogen-bond acceptors (Lipinski definition) is 2. The van der Waals surface area contributed by atoms with Gasteiger partial charge in [0.25, 0.3) is 5.91 Å². The number of halogens is 1. The lowest BCUT2D eigenvalue weighted by Crippen LogP contribution is -2.26. The van der Waals surface area contributed by atoms with Gasteiger partial charge in [-0.1, -0.05) is 6.92 Å². The van der Waals surface area contributed by atoms with Crippen LogP contribution in [-0.2, 0) is 0 Å². The maximum atomic E-state index is 12.9. The lowest BCUT2D eigenvalue weighted by molar-refractivity contribution is 0.0948. The summed E-state index contributed by atoms with van der Waals surface area (Å²) in [6.07, 6.45) is 1.12. The molecule has 1 aromatic carbocycles. The molecule has 86 valence electrons. The van der Waals surface area contributed by atoms with Crippen LogP contribution in [0.25, 0.3) is 0 Å². The molecule has 0 radical (unpaired) electrons. The van der Waals surface area contributed by atoms with Crippen molar-refractivity contribution in [3.63, 3.8) is 0 Å². The SMILES string of the molecule is CC1CC1CNC(=O)c1cc(F)ccc1O. The third kappa shape index (κ3) is 2.32. The minimum Gasteiger partial charge on any atom is -0.507 e. The number of nitrogens with one attached hydrogen (secondary N) is 1. The molecular formula is C12H14FNO2. The molecule has 4 heteroatoms. The predicted molar refractivity (Wildman–Crippen MR) is 57.7 cm³/mol. The number of carbonyl (C=O) groups excluding carboxylic acids is 1. The fourth-order valence-electron chi connectivity index (χ4n) is 1.69. The Hall–Kier alpha value is -1.58. The summed E-state index contributed by atoms with van der Waals surface area (Å²) in [5, 5.41) is 12.1. The summed E-state index contributed by atoms with van der Waals surface area (Å²) in [5.41, 5.74) is -0.00620. The zero-order valence-corrected chi connectivity index (χ0v) is 9.03. The number of phenolic OH excluding ortho intramolecular Hbond substituents is 1. The maximum Gasteiger partial charge on any atom is 0.255 e. The van der Waals surface area contributed by atoms with Gasteiger partial charge in [0.05, 0.1) is 5.56 Å². The van der Waals surface area contributed by atoms with Gasteiger partial charge in [-0.3, -0.25) is 4.79 Å². The molecule has 0 bridgehead atoms. The highest BCUT2D eigenvalue weighted by molar-refractivity contribution is 5.96. The van der Waals surface area contributed by atoms with Gasteiger partial charge >= 0.3 is 0 Å². The second-order valence-electron chi connectivity index (χ2n) is 4.34. The minimum absolute atomic E-state index is 0.00620. The number of hydrogen-bond donors (Lipinski definition) is 2. The highest BCUT2D eigenvalue weighted by Gasteiger charge is 2.32. The van der Waals surface area contributed by atoms with Gasteiger partial charge < -0.3 is 10.4 Å². The first-order valence-electron chi connectivity index (χ1n) is 5.34. The van der Waals surface area contributed by atoms with Crippen molar-refractivity contribution in [1.82, 2.24) is 5.32 Å². The molecule has 2 N–H and O–H groups in total. The molecule has 1 saturated carbocycles. The van der Waals surface area contributed by atoms with E-state index in [9.17, 15) is 14.3 Å². The van der Waals surface area contributed by atoms with E-state index < -0.39 is 11.7 Å². The normalized spacial score (nSPS) is 22.9. The van der Waals surface area contributed by atoms with Crippen molar-refractivity contribution in [2.24, 2.45) is 11.8 Å². The van der Waals surface area contributed by atoms with E-state index in [-0.39, 0.29) is 11.3 Å². The number of phenols is 1. The molecule has 1 aliphatic carbocycles. The molecule has 1 amide bonds. The molecule has 0 heterocycles. The molecule has 0 spiro atoms. The Morgan fingerprint density at radius 1 is 1.62 bits per heavy atom. The van der Waals surface area contributed by atoms with Crippen LogP contribution in [0.3, 0.4) is 0 Å². The van der Waals surface area contributed by atoms with Gasteiger partial charge in [-0.25, -0.2) is 4.39 Å². The summed E-state index contributed by atoms with van der Waals surface area (Å²) in [5.74, 6) is 0.0441. The van der Waals surface area contributed by atoms with Crippen molar-refractivity contribution in [2.45, 2.75) is 13.3 Å². The van der Waals surface area contributed by atoms with Crippen molar-refractivity contribution in [3.05, 3.63) is 29.6 Å². The van der Waals surface area contributed by atoms with Crippen molar-refractivity contribution in [3.8, 4) is 5.75 Å². The molecule has 2 atom stereocenters. The molecular weight excluding hydrogens is 209 g/mol. The topological polar surface area (TPSA) is 49.3 Å². The summed E-state index contributed by atoms with van der Waals surface area (Å²) < 4.78 is 12.9. The van der Waals surface area contributed by atoms with E-state index in [2.05, 4.69) is 12.2 Å². The molecule has 0 aliphatic heterocycles. The lowest BCUT2D eigenvalue weighted by Gasteiger charge is -2.06. The molecule has 0 saturated heterocycles. The van der Waals surface area contributed by atoms with Gasteiger partial charge in [0, 0.05) is 6.54 Å². The van der Waals surface area contributed by atoms with Gasteiger partial charge in [0.2, 0.25) is 0 Å². The predicted octanol–water partition coefficient (Wildman–Crippen LogP) is 1.92. The molecule has 2 unspecified atom stereocenters. The third-order valence-electron chi connectivity index (χ3n) is 3.00. The maximum absolute atomic E-state index is 12.9. The van der Waals surface area contributed by atoms with E-state index in [1.807, 2.05) is 0 Å². The number of benzene rings is 1. The van der Waals surface area contributed by atoms with Crippen LogP contribution in [0.4, 0.5) is 4.39 Å². The molecule has 16 heavy (non-hydrogen) atoms. The van der Waals surface area contributed by atoms with Crippen LogP contribution in [0.5, 0.6) is 5.75 Å². The van der Waals surface area contributed by atoms with Gasteiger partial charge in [-0.05, 0) is 36.5 Å². The van der Waals surface area contributed by atoms with Gasteiger partial charge in [0.15, 0.2) is 0 Å². The van der Waals surface area contributed by atoms with Crippen LogP contribution in [0, 0.1) is 17.7 Å². The van der Waals surface area contributed by atoms with Crippen molar-refractivity contribution >= 4 is 5.91 Å². The number of aromatic hydroxyl groups is 1. The van der Waals surface area contributed by atoms with Crippen molar-refractivity contribution < 1.29 is 14.3 Å². The molecule has 1 aromatic rings. The van der Waals surface area contributed by atoms with E-state index in [1.54, 1.807) is 0 Å². The Bertz CT molecular complexity index is 419. The summed E-state index contributed by atoms with van der Waals surface area (Å²) in [6.45, 7) is 2.71. The van der Waals surface area contributed by atoms with Crippen LogP contribution in [0.1, 0.15) is 23.7 Å².